The minimum absolute atomic E-state index is 0.172. The van der Waals surface area contributed by atoms with Crippen LogP contribution in [0.4, 0.5) is 5.69 Å². The highest BCUT2D eigenvalue weighted by Gasteiger charge is 2.13. The Morgan fingerprint density at radius 3 is 3.09 bits per heavy atom. The van der Waals surface area contributed by atoms with Crippen molar-refractivity contribution in [2.24, 2.45) is 0 Å². The number of nitrogens with one attached hydrogen (secondary N) is 1. The number of benzene rings is 1. The lowest BCUT2D eigenvalue weighted by Crippen LogP contribution is -2.14. The average molecular weight is 301 g/mol. The van der Waals surface area contributed by atoms with E-state index in [9.17, 15) is 9.59 Å². The molecule has 1 aromatic heterocycles. The van der Waals surface area contributed by atoms with Crippen LogP contribution in [0, 0.1) is 0 Å². The normalized spacial score (nSPS) is 12.5. The summed E-state index contributed by atoms with van der Waals surface area (Å²) < 4.78 is 6.68. The second-order valence-corrected chi connectivity index (χ2v) is 5.09. The molecule has 0 saturated heterocycles. The summed E-state index contributed by atoms with van der Waals surface area (Å²) in [5.74, 6) is -0.269. The number of nitrogens with zero attached hydrogens (tertiary/aromatic N) is 2. The third-order valence-electron chi connectivity index (χ3n) is 3.33. The molecule has 2 heterocycles. The fraction of sp³-hybridized carbons (Fsp3) is 0.267. The van der Waals surface area contributed by atoms with Gasteiger partial charge in [-0.05, 0) is 17.2 Å². The number of amides is 1. The zero-order valence-corrected chi connectivity index (χ0v) is 11.8. The quantitative estimate of drug-likeness (QED) is 0.862. The van der Waals surface area contributed by atoms with Crippen molar-refractivity contribution in [3.63, 3.8) is 0 Å². The summed E-state index contributed by atoms with van der Waals surface area (Å²) >= 11 is 0. The number of anilines is 1. The first-order valence-electron chi connectivity index (χ1n) is 6.89. The van der Waals surface area contributed by atoms with Crippen molar-refractivity contribution in [1.29, 1.82) is 0 Å². The molecule has 0 aliphatic carbocycles. The van der Waals surface area contributed by atoms with E-state index >= 15 is 0 Å². The Hall–Kier alpha value is -2.83. The second kappa shape index (κ2) is 5.88. The minimum atomic E-state index is -0.985. The van der Waals surface area contributed by atoms with Crippen LogP contribution in [0.15, 0.2) is 30.6 Å². The van der Waals surface area contributed by atoms with Crippen molar-refractivity contribution in [2.75, 3.05) is 11.9 Å². The lowest BCUT2D eigenvalue weighted by Gasteiger charge is -2.05. The number of aliphatic carboxylic acids is 1. The molecule has 7 nitrogen and oxygen atoms in total. The van der Waals surface area contributed by atoms with E-state index in [1.165, 1.54) is 17.1 Å². The van der Waals surface area contributed by atoms with Crippen LogP contribution in [0.25, 0.3) is 0 Å². The van der Waals surface area contributed by atoms with Gasteiger partial charge in [0, 0.05) is 12.6 Å². The van der Waals surface area contributed by atoms with Crippen molar-refractivity contribution in [1.82, 2.24) is 9.78 Å². The Balaban J connectivity index is 1.60. The third-order valence-corrected chi connectivity index (χ3v) is 3.33. The lowest BCUT2D eigenvalue weighted by atomic mass is 10.1. The number of fused-ring (bicyclic) bond motifs is 1. The van der Waals surface area contributed by atoms with E-state index in [1.54, 1.807) is 0 Å². The van der Waals surface area contributed by atoms with Crippen molar-refractivity contribution in [3.8, 4) is 5.75 Å². The van der Waals surface area contributed by atoms with Crippen LogP contribution < -0.4 is 10.1 Å². The topological polar surface area (TPSA) is 93.5 Å². The zero-order valence-electron chi connectivity index (χ0n) is 11.8. The predicted molar refractivity (Wildman–Crippen MR) is 77.8 cm³/mol. The first kappa shape index (κ1) is 14.1. The maximum atomic E-state index is 12.0. The third kappa shape index (κ3) is 3.25. The highest BCUT2D eigenvalue weighted by atomic mass is 16.5. The monoisotopic (exact) mass is 301 g/mol. The Kier molecular flexibility index (Phi) is 3.78. The standard InChI is InChI=1S/C15H15N3O4/c19-14(17-12-7-16-18(8-12)9-15(20)21)6-10-1-2-13-11(5-10)3-4-22-13/h1-2,5,7-8H,3-4,6,9H2,(H,17,19)(H,20,21). The fourth-order valence-corrected chi connectivity index (χ4v) is 2.39. The number of carbonyl (C=O) groups excluding carboxylic acids is 1. The van der Waals surface area contributed by atoms with Crippen LogP contribution in [0.1, 0.15) is 11.1 Å². The van der Waals surface area contributed by atoms with Crippen molar-refractivity contribution < 1.29 is 19.4 Å². The van der Waals surface area contributed by atoms with Crippen LogP contribution in [0.3, 0.4) is 0 Å². The van der Waals surface area contributed by atoms with Gasteiger partial charge in [-0.3, -0.25) is 14.3 Å². The molecule has 2 aromatic rings. The molecule has 3 rings (SSSR count). The molecule has 22 heavy (non-hydrogen) atoms. The van der Waals surface area contributed by atoms with E-state index < -0.39 is 5.97 Å². The molecular formula is C15H15N3O4. The van der Waals surface area contributed by atoms with E-state index in [1.807, 2.05) is 18.2 Å². The predicted octanol–water partition coefficient (Wildman–Crippen LogP) is 1.08. The maximum Gasteiger partial charge on any atom is 0.325 e. The van der Waals surface area contributed by atoms with E-state index in [4.69, 9.17) is 9.84 Å². The van der Waals surface area contributed by atoms with Gasteiger partial charge in [-0.1, -0.05) is 12.1 Å². The molecule has 0 fully saturated rings. The molecule has 0 saturated carbocycles. The van der Waals surface area contributed by atoms with Gasteiger partial charge in [0.1, 0.15) is 12.3 Å². The summed E-state index contributed by atoms with van der Waals surface area (Å²) in [6, 6.07) is 5.74. The first-order valence-corrected chi connectivity index (χ1v) is 6.89. The van der Waals surface area contributed by atoms with E-state index in [0.29, 0.717) is 12.3 Å². The summed E-state index contributed by atoms with van der Waals surface area (Å²) in [6.07, 6.45) is 4.03. The molecule has 114 valence electrons. The van der Waals surface area contributed by atoms with Crippen LogP contribution in [-0.2, 0) is 29.0 Å². The van der Waals surface area contributed by atoms with Gasteiger partial charge in [-0.25, -0.2) is 0 Å². The fourth-order valence-electron chi connectivity index (χ4n) is 2.39. The largest absolute Gasteiger partial charge is 0.493 e. The summed E-state index contributed by atoms with van der Waals surface area (Å²) in [5.41, 5.74) is 2.52. The van der Waals surface area contributed by atoms with Crippen molar-refractivity contribution in [2.45, 2.75) is 19.4 Å². The average Bonchev–Trinajstić information content (AvgIpc) is 3.06. The molecular weight excluding hydrogens is 286 g/mol. The number of hydrogen-bond donors (Lipinski definition) is 2. The molecule has 0 atom stereocenters. The van der Waals surface area contributed by atoms with Gasteiger partial charge >= 0.3 is 5.97 Å². The van der Waals surface area contributed by atoms with E-state index in [2.05, 4.69) is 10.4 Å². The van der Waals surface area contributed by atoms with Crippen LogP contribution in [-0.4, -0.2) is 33.4 Å². The van der Waals surface area contributed by atoms with Gasteiger partial charge in [0.05, 0.1) is 24.9 Å². The maximum absolute atomic E-state index is 12.0. The van der Waals surface area contributed by atoms with Crippen LogP contribution in [0.5, 0.6) is 5.75 Å². The molecule has 1 aliphatic heterocycles. The number of carboxylic acid groups (broad SMARTS) is 1. The lowest BCUT2D eigenvalue weighted by molar-refractivity contribution is -0.137. The highest BCUT2D eigenvalue weighted by molar-refractivity contribution is 5.92. The van der Waals surface area contributed by atoms with E-state index in [0.717, 1.165) is 23.3 Å². The molecule has 0 radical (unpaired) electrons. The van der Waals surface area contributed by atoms with Crippen molar-refractivity contribution in [3.05, 3.63) is 41.7 Å². The van der Waals surface area contributed by atoms with E-state index in [-0.39, 0.29) is 18.9 Å². The molecule has 1 amide bonds. The Bertz CT molecular complexity index is 723. The molecule has 2 N–H and O–H groups in total. The Morgan fingerprint density at radius 2 is 2.27 bits per heavy atom. The summed E-state index contributed by atoms with van der Waals surface area (Å²) in [6.45, 7) is 0.453. The zero-order chi connectivity index (χ0) is 15.5. The SMILES string of the molecule is O=C(O)Cn1cc(NC(=O)Cc2ccc3c(c2)CCO3)cn1. The van der Waals surface area contributed by atoms with Gasteiger partial charge in [0.25, 0.3) is 0 Å². The smallest absolute Gasteiger partial charge is 0.325 e. The number of carboxylic acids is 1. The number of carbonyl (C=O) groups is 2. The second-order valence-electron chi connectivity index (χ2n) is 5.09. The Morgan fingerprint density at radius 1 is 1.41 bits per heavy atom. The number of aromatic nitrogens is 2. The minimum Gasteiger partial charge on any atom is -0.493 e. The number of ether oxygens (including phenoxy) is 1. The number of hydrogen-bond acceptors (Lipinski definition) is 4. The summed E-state index contributed by atoms with van der Waals surface area (Å²) in [7, 11) is 0. The summed E-state index contributed by atoms with van der Waals surface area (Å²) in [4.78, 5) is 22.6. The number of rotatable bonds is 5. The molecule has 0 bridgehead atoms. The van der Waals surface area contributed by atoms with Crippen molar-refractivity contribution >= 4 is 17.6 Å². The van der Waals surface area contributed by atoms with Gasteiger partial charge in [-0.15, -0.1) is 0 Å². The first-order chi connectivity index (χ1) is 10.6. The van der Waals surface area contributed by atoms with Crippen LogP contribution in [0.2, 0.25) is 0 Å². The molecule has 7 heteroatoms. The molecule has 0 spiro atoms. The molecule has 1 aliphatic rings. The Labute approximate surface area is 126 Å². The van der Waals surface area contributed by atoms with Crippen LogP contribution >= 0.6 is 0 Å². The molecule has 0 unspecified atom stereocenters. The van der Waals surface area contributed by atoms with Gasteiger partial charge in [-0.2, -0.15) is 5.10 Å². The van der Waals surface area contributed by atoms with Gasteiger partial charge in [0.2, 0.25) is 5.91 Å². The summed E-state index contributed by atoms with van der Waals surface area (Å²) in [5, 5.41) is 15.2. The molecule has 1 aromatic carbocycles. The van der Waals surface area contributed by atoms with Gasteiger partial charge in [0.15, 0.2) is 0 Å². The highest BCUT2D eigenvalue weighted by Crippen LogP contribution is 2.26. The van der Waals surface area contributed by atoms with Gasteiger partial charge < -0.3 is 15.2 Å².